The second-order valence-corrected chi connectivity index (χ2v) is 9.90. The van der Waals surface area contributed by atoms with Crippen LogP contribution in [0.5, 0.6) is 0 Å². The van der Waals surface area contributed by atoms with Gasteiger partial charge in [-0.25, -0.2) is 27.9 Å². The number of likely N-dealkylation sites (tertiary alicyclic amines) is 1. The number of carbonyl (C=O) groups is 1. The molecule has 0 spiro atoms. The maximum atomic E-state index is 14.6. The van der Waals surface area contributed by atoms with Gasteiger partial charge in [-0.05, 0) is 31.5 Å². The van der Waals surface area contributed by atoms with Gasteiger partial charge >= 0.3 is 5.97 Å². The van der Waals surface area contributed by atoms with E-state index in [4.69, 9.17) is 14.3 Å². The SMILES string of the molecule is COC(=O)C1=C(CN2CC(F)(F)CC2c2nc(C)no2)NC(c2nccs2)=NC1(C)c1ccc(F)cc1. The number of nitrogens with zero attached hydrogens (tertiary/aromatic N) is 5. The molecule has 37 heavy (non-hydrogen) atoms. The van der Waals surface area contributed by atoms with Gasteiger partial charge in [-0.1, -0.05) is 17.3 Å². The lowest BCUT2D eigenvalue weighted by Crippen LogP contribution is -2.45. The first kappa shape index (κ1) is 25.1. The highest BCUT2D eigenvalue weighted by Crippen LogP contribution is 2.43. The fourth-order valence-electron chi connectivity index (χ4n) is 4.72. The summed E-state index contributed by atoms with van der Waals surface area (Å²) in [6.07, 6.45) is 1.09. The molecule has 13 heteroatoms. The lowest BCUT2D eigenvalue weighted by atomic mass is 9.82. The van der Waals surface area contributed by atoms with E-state index in [9.17, 15) is 18.0 Å². The van der Waals surface area contributed by atoms with E-state index in [1.165, 1.54) is 47.6 Å². The van der Waals surface area contributed by atoms with Crippen LogP contribution in [0, 0.1) is 12.7 Å². The summed E-state index contributed by atoms with van der Waals surface area (Å²) in [7, 11) is 1.23. The molecule has 2 aliphatic heterocycles. The highest BCUT2D eigenvalue weighted by atomic mass is 32.1. The average Bonchev–Trinajstić information content (AvgIpc) is 3.59. The zero-order chi connectivity index (χ0) is 26.4. The number of ether oxygens (including phenoxy) is 1. The fraction of sp³-hybridized carbons (Fsp3) is 0.375. The number of rotatable bonds is 6. The third-order valence-electron chi connectivity index (χ3n) is 6.38. The van der Waals surface area contributed by atoms with Crippen molar-refractivity contribution in [1.82, 2.24) is 25.3 Å². The van der Waals surface area contributed by atoms with Gasteiger partial charge in [-0.3, -0.25) is 4.90 Å². The minimum absolute atomic E-state index is 0.0702. The fourth-order valence-corrected chi connectivity index (χ4v) is 5.30. The Balaban J connectivity index is 1.63. The van der Waals surface area contributed by atoms with Crippen molar-refractivity contribution < 1.29 is 27.2 Å². The molecular weight excluding hydrogens is 509 g/mol. The summed E-state index contributed by atoms with van der Waals surface area (Å²) in [5, 5.41) is 9.18. The number of benzene rings is 1. The molecule has 2 aliphatic rings. The van der Waals surface area contributed by atoms with E-state index in [1.807, 2.05) is 0 Å². The second-order valence-electron chi connectivity index (χ2n) is 9.01. The number of carbonyl (C=O) groups excluding carboxylic acids is 1. The Morgan fingerprint density at radius 3 is 2.70 bits per heavy atom. The first-order chi connectivity index (χ1) is 17.6. The smallest absolute Gasteiger partial charge is 0.338 e. The van der Waals surface area contributed by atoms with Gasteiger partial charge in [0.25, 0.3) is 5.92 Å². The van der Waals surface area contributed by atoms with E-state index in [1.54, 1.807) is 25.4 Å². The van der Waals surface area contributed by atoms with E-state index in [-0.39, 0.29) is 18.0 Å². The average molecular weight is 533 g/mol. The third kappa shape index (κ3) is 4.76. The van der Waals surface area contributed by atoms with Gasteiger partial charge in [0.2, 0.25) is 5.89 Å². The van der Waals surface area contributed by atoms with E-state index in [0.717, 1.165) is 0 Å². The van der Waals surface area contributed by atoms with Crippen molar-refractivity contribution in [3.8, 4) is 0 Å². The molecule has 0 bridgehead atoms. The van der Waals surface area contributed by atoms with Crippen LogP contribution in [0.2, 0.25) is 0 Å². The van der Waals surface area contributed by atoms with Gasteiger partial charge in [0.1, 0.15) is 11.4 Å². The first-order valence-corrected chi connectivity index (χ1v) is 12.2. The molecule has 0 radical (unpaired) electrons. The van der Waals surface area contributed by atoms with Crippen molar-refractivity contribution in [3.63, 3.8) is 0 Å². The molecule has 2 unspecified atom stereocenters. The number of hydrogen-bond acceptors (Lipinski definition) is 10. The Hall–Kier alpha value is -3.58. The number of amidine groups is 1. The van der Waals surface area contributed by atoms with Crippen LogP contribution in [0.3, 0.4) is 0 Å². The standard InChI is InChI=1S/C24H23F3N6O3S/c1-13-29-20(36-32-13)17-10-24(26,27)12-33(17)11-16-18(22(34)35-3)23(2,14-4-6-15(25)7-5-14)31-19(30-16)21-28-8-9-37-21/h4-9,17H,10-12H2,1-3H3,(H,30,31). The summed E-state index contributed by atoms with van der Waals surface area (Å²) in [6, 6.07) is 4.72. The maximum Gasteiger partial charge on any atom is 0.338 e. The predicted octanol–water partition coefficient (Wildman–Crippen LogP) is 3.75. The number of methoxy groups -OCH3 is 1. The second kappa shape index (κ2) is 9.38. The van der Waals surface area contributed by atoms with Crippen LogP contribution in [0.25, 0.3) is 0 Å². The molecule has 3 aromatic rings. The maximum absolute atomic E-state index is 14.6. The Bertz CT molecular complexity index is 1370. The van der Waals surface area contributed by atoms with Crippen molar-refractivity contribution in [2.24, 2.45) is 4.99 Å². The number of aromatic nitrogens is 3. The predicted molar refractivity (Wildman–Crippen MR) is 127 cm³/mol. The highest BCUT2D eigenvalue weighted by Gasteiger charge is 2.49. The van der Waals surface area contributed by atoms with Crippen LogP contribution in [0.1, 0.15) is 41.7 Å². The minimum Gasteiger partial charge on any atom is -0.466 e. The summed E-state index contributed by atoms with van der Waals surface area (Å²) in [5.74, 6) is -3.42. The topological polar surface area (TPSA) is 106 Å². The van der Waals surface area contributed by atoms with Crippen molar-refractivity contribution in [1.29, 1.82) is 0 Å². The Labute approximate surface area is 214 Å². The number of thiazole rings is 1. The molecule has 1 saturated heterocycles. The van der Waals surface area contributed by atoms with Gasteiger partial charge in [0, 0.05) is 30.2 Å². The molecule has 0 amide bonds. The monoisotopic (exact) mass is 532 g/mol. The van der Waals surface area contributed by atoms with Gasteiger partial charge in [0.05, 0.1) is 25.3 Å². The Kier molecular flexibility index (Phi) is 6.36. The molecule has 0 aliphatic carbocycles. The summed E-state index contributed by atoms with van der Waals surface area (Å²) in [6.45, 7) is 2.61. The number of halogens is 3. The van der Waals surface area contributed by atoms with Crippen LogP contribution in [-0.2, 0) is 15.1 Å². The molecule has 5 rings (SSSR count). The van der Waals surface area contributed by atoms with Crippen LogP contribution >= 0.6 is 11.3 Å². The van der Waals surface area contributed by atoms with Gasteiger partial charge in [0.15, 0.2) is 16.7 Å². The third-order valence-corrected chi connectivity index (χ3v) is 7.16. The number of hydrogen-bond donors (Lipinski definition) is 1. The van der Waals surface area contributed by atoms with Crippen molar-refractivity contribution in [3.05, 3.63) is 75.2 Å². The molecule has 194 valence electrons. The largest absolute Gasteiger partial charge is 0.466 e. The lowest BCUT2D eigenvalue weighted by molar-refractivity contribution is -0.137. The van der Waals surface area contributed by atoms with Crippen LogP contribution in [0.4, 0.5) is 13.2 Å². The molecule has 2 atom stereocenters. The molecule has 1 N–H and O–H groups in total. The number of esters is 1. The molecule has 0 saturated carbocycles. The Morgan fingerprint density at radius 1 is 1.32 bits per heavy atom. The molecular formula is C24H23F3N6O3S. The Morgan fingerprint density at radius 2 is 2.08 bits per heavy atom. The molecule has 9 nitrogen and oxygen atoms in total. The van der Waals surface area contributed by atoms with Crippen molar-refractivity contribution >= 4 is 23.1 Å². The van der Waals surface area contributed by atoms with Crippen LogP contribution in [0.15, 0.2) is 56.6 Å². The van der Waals surface area contributed by atoms with E-state index in [2.05, 4.69) is 20.4 Å². The normalized spacial score (nSPS) is 23.6. The van der Waals surface area contributed by atoms with Crippen LogP contribution in [-0.4, -0.2) is 58.0 Å². The summed E-state index contributed by atoms with van der Waals surface area (Å²) < 4.78 is 53.4. The molecule has 1 fully saturated rings. The molecule has 4 heterocycles. The van der Waals surface area contributed by atoms with Gasteiger partial charge in [-0.2, -0.15) is 4.98 Å². The molecule has 1 aromatic carbocycles. The zero-order valence-corrected chi connectivity index (χ0v) is 21.0. The van der Waals surface area contributed by atoms with Gasteiger partial charge in [-0.15, -0.1) is 11.3 Å². The van der Waals surface area contributed by atoms with Crippen LogP contribution < -0.4 is 5.32 Å². The summed E-state index contributed by atoms with van der Waals surface area (Å²) in [4.78, 5) is 28.0. The quantitative estimate of drug-likeness (QED) is 0.479. The minimum atomic E-state index is -3.01. The number of alkyl halides is 2. The zero-order valence-electron chi connectivity index (χ0n) is 20.2. The first-order valence-electron chi connectivity index (χ1n) is 11.4. The number of aryl methyl sites for hydroxylation is 1. The summed E-state index contributed by atoms with van der Waals surface area (Å²) in [5.41, 5.74) is -0.408. The lowest BCUT2D eigenvalue weighted by Gasteiger charge is -2.36. The van der Waals surface area contributed by atoms with E-state index in [0.29, 0.717) is 27.9 Å². The number of nitrogens with one attached hydrogen (secondary N) is 1. The van der Waals surface area contributed by atoms with Gasteiger partial charge < -0.3 is 14.6 Å². The van der Waals surface area contributed by atoms with Crippen molar-refractivity contribution in [2.45, 2.75) is 37.8 Å². The summed E-state index contributed by atoms with van der Waals surface area (Å²) >= 11 is 1.32. The molecule has 2 aromatic heterocycles. The highest BCUT2D eigenvalue weighted by molar-refractivity contribution is 7.11. The number of aliphatic imine (C=N–C) groups is 1. The van der Waals surface area contributed by atoms with E-state index >= 15 is 0 Å². The van der Waals surface area contributed by atoms with Crippen molar-refractivity contribution in [2.75, 3.05) is 20.2 Å². The van der Waals surface area contributed by atoms with E-state index < -0.39 is 42.3 Å².